The van der Waals surface area contributed by atoms with Gasteiger partial charge in [-0.3, -0.25) is 4.79 Å². The standard InChI is InChI=1S/C26H36N2O2/c1-18(2)25-6-5-13-28(25)26(29)22-8-7-21-17-24(10-9-20(21)16-22)30-23-11-14-27(15-12-23)19(3)4/h7-10,16-19,23,25H,5-6,11-15H2,1-4H3. The molecule has 30 heavy (non-hydrogen) atoms. The van der Waals surface area contributed by atoms with E-state index in [2.05, 4.69) is 61.8 Å². The van der Waals surface area contributed by atoms with E-state index in [4.69, 9.17) is 4.74 Å². The van der Waals surface area contributed by atoms with E-state index in [1.54, 1.807) is 0 Å². The zero-order chi connectivity index (χ0) is 21.3. The SMILES string of the molecule is CC(C)C1CCCN1C(=O)c1ccc2cc(OC3CCN(C(C)C)CC3)ccc2c1. The molecule has 2 aliphatic rings. The topological polar surface area (TPSA) is 32.8 Å². The summed E-state index contributed by atoms with van der Waals surface area (Å²) in [5.41, 5.74) is 0.796. The summed E-state index contributed by atoms with van der Waals surface area (Å²) < 4.78 is 6.29. The number of fused-ring (bicyclic) bond motifs is 1. The van der Waals surface area contributed by atoms with Gasteiger partial charge in [0.25, 0.3) is 5.91 Å². The van der Waals surface area contributed by atoms with Gasteiger partial charge in [0, 0.05) is 37.3 Å². The summed E-state index contributed by atoms with van der Waals surface area (Å²) in [7, 11) is 0. The van der Waals surface area contributed by atoms with E-state index in [0.717, 1.165) is 67.4 Å². The normalized spacial score (nSPS) is 21.1. The Morgan fingerprint density at radius 3 is 2.33 bits per heavy atom. The molecule has 0 spiro atoms. The van der Waals surface area contributed by atoms with Gasteiger partial charge in [0.15, 0.2) is 0 Å². The average molecular weight is 409 g/mol. The third kappa shape index (κ3) is 4.49. The van der Waals surface area contributed by atoms with E-state index >= 15 is 0 Å². The van der Waals surface area contributed by atoms with Gasteiger partial charge in [-0.2, -0.15) is 0 Å². The van der Waals surface area contributed by atoms with Crippen molar-refractivity contribution in [1.82, 2.24) is 9.80 Å². The lowest BCUT2D eigenvalue weighted by atomic mass is 10.0. The minimum Gasteiger partial charge on any atom is -0.490 e. The van der Waals surface area contributed by atoms with E-state index in [1.165, 1.54) is 0 Å². The zero-order valence-electron chi connectivity index (χ0n) is 18.9. The van der Waals surface area contributed by atoms with Crippen LogP contribution in [-0.2, 0) is 0 Å². The van der Waals surface area contributed by atoms with E-state index in [0.29, 0.717) is 24.1 Å². The lowest BCUT2D eigenvalue weighted by molar-refractivity contribution is 0.0701. The van der Waals surface area contributed by atoms with Crippen LogP contribution in [0, 0.1) is 5.92 Å². The zero-order valence-corrected chi connectivity index (χ0v) is 18.9. The first-order chi connectivity index (χ1) is 14.4. The second-order valence-electron chi connectivity index (χ2n) is 9.62. The highest BCUT2D eigenvalue weighted by molar-refractivity contribution is 5.99. The molecule has 0 saturated carbocycles. The molecule has 4 nitrogen and oxygen atoms in total. The van der Waals surface area contributed by atoms with E-state index in [1.807, 2.05) is 12.1 Å². The van der Waals surface area contributed by atoms with Gasteiger partial charge in [-0.1, -0.05) is 26.0 Å². The van der Waals surface area contributed by atoms with Crippen molar-refractivity contribution >= 4 is 16.7 Å². The third-order valence-corrected chi connectivity index (χ3v) is 6.90. The van der Waals surface area contributed by atoms with Crippen LogP contribution in [0.1, 0.15) is 63.7 Å². The van der Waals surface area contributed by atoms with Crippen molar-refractivity contribution in [2.75, 3.05) is 19.6 Å². The third-order valence-electron chi connectivity index (χ3n) is 6.90. The number of rotatable bonds is 5. The number of nitrogens with zero attached hydrogens (tertiary/aromatic N) is 2. The fraction of sp³-hybridized carbons (Fsp3) is 0.577. The fourth-order valence-electron chi connectivity index (χ4n) is 5.04. The summed E-state index contributed by atoms with van der Waals surface area (Å²) in [4.78, 5) is 17.7. The van der Waals surface area contributed by atoms with Crippen LogP contribution in [0.4, 0.5) is 0 Å². The van der Waals surface area contributed by atoms with E-state index in [-0.39, 0.29) is 5.91 Å². The number of likely N-dealkylation sites (tertiary alicyclic amines) is 2. The highest BCUT2D eigenvalue weighted by Gasteiger charge is 2.31. The molecule has 4 heteroatoms. The maximum atomic E-state index is 13.1. The maximum absolute atomic E-state index is 13.1. The van der Waals surface area contributed by atoms with Crippen molar-refractivity contribution in [2.24, 2.45) is 5.92 Å². The minimum absolute atomic E-state index is 0.172. The molecule has 0 aliphatic carbocycles. The molecule has 1 atom stereocenters. The van der Waals surface area contributed by atoms with Crippen molar-refractivity contribution in [3.8, 4) is 5.75 Å². The molecule has 0 N–H and O–H groups in total. The van der Waals surface area contributed by atoms with Crippen molar-refractivity contribution in [3.05, 3.63) is 42.0 Å². The molecule has 2 fully saturated rings. The summed E-state index contributed by atoms with van der Waals surface area (Å²) in [6.07, 6.45) is 4.68. The first kappa shape index (κ1) is 21.2. The molecule has 0 aromatic heterocycles. The summed E-state index contributed by atoms with van der Waals surface area (Å²) in [5, 5.41) is 2.23. The predicted molar refractivity (Wildman–Crippen MR) is 123 cm³/mol. The first-order valence-corrected chi connectivity index (χ1v) is 11.7. The number of amides is 1. The van der Waals surface area contributed by atoms with Crippen LogP contribution in [-0.4, -0.2) is 53.5 Å². The second-order valence-corrected chi connectivity index (χ2v) is 9.62. The highest BCUT2D eigenvalue weighted by atomic mass is 16.5. The molecule has 2 aliphatic heterocycles. The van der Waals surface area contributed by atoms with Gasteiger partial charge in [0.05, 0.1) is 0 Å². The van der Waals surface area contributed by atoms with Crippen molar-refractivity contribution in [2.45, 2.75) is 71.6 Å². The smallest absolute Gasteiger partial charge is 0.254 e. The van der Waals surface area contributed by atoms with Crippen LogP contribution in [0.5, 0.6) is 5.75 Å². The second kappa shape index (κ2) is 8.97. The monoisotopic (exact) mass is 408 g/mol. The summed E-state index contributed by atoms with van der Waals surface area (Å²) >= 11 is 0. The molecule has 4 rings (SSSR count). The molecule has 0 radical (unpaired) electrons. The van der Waals surface area contributed by atoms with Gasteiger partial charge >= 0.3 is 0 Å². The fourth-order valence-corrected chi connectivity index (χ4v) is 5.04. The van der Waals surface area contributed by atoms with Gasteiger partial charge in [0.2, 0.25) is 0 Å². The Hall–Kier alpha value is -2.07. The molecule has 0 bridgehead atoms. The van der Waals surface area contributed by atoms with Crippen molar-refractivity contribution < 1.29 is 9.53 Å². The van der Waals surface area contributed by atoms with Crippen molar-refractivity contribution in [3.63, 3.8) is 0 Å². The number of hydrogen-bond donors (Lipinski definition) is 0. The summed E-state index contributed by atoms with van der Waals surface area (Å²) in [6.45, 7) is 12.0. The molecule has 2 heterocycles. The Bertz CT molecular complexity index is 884. The number of piperidine rings is 1. The molecule has 2 saturated heterocycles. The molecule has 1 unspecified atom stereocenters. The van der Waals surface area contributed by atoms with Crippen LogP contribution < -0.4 is 4.74 Å². The number of carbonyl (C=O) groups is 1. The highest BCUT2D eigenvalue weighted by Crippen LogP contribution is 2.28. The van der Waals surface area contributed by atoms with Gasteiger partial charge in [-0.05, 0) is 80.5 Å². The van der Waals surface area contributed by atoms with Crippen LogP contribution >= 0.6 is 0 Å². The Morgan fingerprint density at radius 1 is 0.933 bits per heavy atom. The Kier molecular flexibility index (Phi) is 6.33. The Labute approximate surface area is 181 Å². The van der Waals surface area contributed by atoms with Crippen LogP contribution in [0.15, 0.2) is 36.4 Å². The lowest BCUT2D eigenvalue weighted by Gasteiger charge is -2.34. The summed E-state index contributed by atoms with van der Waals surface area (Å²) in [6, 6.07) is 13.3. The molecule has 2 aromatic rings. The molecule has 1 amide bonds. The van der Waals surface area contributed by atoms with Crippen LogP contribution in [0.3, 0.4) is 0 Å². The number of ether oxygens (including phenoxy) is 1. The molecular weight excluding hydrogens is 372 g/mol. The van der Waals surface area contributed by atoms with Crippen LogP contribution in [0.2, 0.25) is 0 Å². The van der Waals surface area contributed by atoms with Gasteiger partial charge < -0.3 is 14.5 Å². The number of benzene rings is 2. The Morgan fingerprint density at radius 2 is 1.63 bits per heavy atom. The van der Waals surface area contributed by atoms with E-state index < -0.39 is 0 Å². The number of carbonyl (C=O) groups excluding carboxylic acids is 1. The molecular formula is C26H36N2O2. The van der Waals surface area contributed by atoms with Gasteiger partial charge in [-0.15, -0.1) is 0 Å². The van der Waals surface area contributed by atoms with Crippen molar-refractivity contribution in [1.29, 1.82) is 0 Å². The Balaban J connectivity index is 1.44. The quantitative estimate of drug-likeness (QED) is 0.668. The summed E-state index contributed by atoms with van der Waals surface area (Å²) in [5.74, 6) is 1.61. The maximum Gasteiger partial charge on any atom is 0.254 e. The average Bonchev–Trinajstić information content (AvgIpc) is 3.23. The molecule has 2 aromatic carbocycles. The minimum atomic E-state index is 0.172. The number of hydrogen-bond acceptors (Lipinski definition) is 3. The first-order valence-electron chi connectivity index (χ1n) is 11.7. The van der Waals surface area contributed by atoms with Crippen LogP contribution in [0.25, 0.3) is 10.8 Å². The van der Waals surface area contributed by atoms with Gasteiger partial charge in [0.1, 0.15) is 11.9 Å². The predicted octanol–water partition coefficient (Wildman–Crippen LogP) is 5.35. The molecule has 162 valence electrons. The largest absolute Gasteiger partial charge is 0.490 e. The van der Waals surface area contributed by atoms with Gasteiger partial charge in [-0.25, -0.2) is 0 Å². The van der Waals surface area contributed by atoms with E-state index in [9.17, 15) is 4.79 Å². The lowest BCUT2D eigenvalue weighted by Crippen LogP contribution is -2.41.